The molecule has 1 aromatic carbocycles. The maximum Gasteiger partial charge on any atom is 0.226 e. The first kappa shape index (κ1) is 17.1. The zero-order valence-corrected chi connectivity index (χ0v) is 15.7. The molecule has 25 heavy (non-hydrogen) atoms. The second-order valence-electron chi connectivity index (χ2n) is 7.76. The van der Waals surface area contributed by atoms with Gasteiger partial charge < -0.3 is 14.8 Å². The van der Waals surface area contributed by atoms with Gasteiger partial charge >= 0.3 is 0 Å². The summed E-state index contributed by atoms with van der Waals surface area (Å²) in [6, 6.07) is 6.14. The van der Waals surface area contributed by atoms with Crippen LogP contribution in [0.15, 0.2) is 18.2 Å². The van der Waals surface area contributed by atoms with Crippen LogP contribution in [0.1, 0.15) is 44.6 Å². The molecular weight excluding hydrogens is 334 g/mol. The minimum absolute atomic E-state index is 0.159. The van der Waals surface area contributed by atoms with Gasteiger partial charge in [-0.1, -0.05) is 13.0 Å². The molecule has 0 aliphatic carbocycles. The summed E-state index contributed by atoms with van der Waals surface area (Å²) in [7, 11) is 0. The first-order chi connectivity index (χ1) is 12.1. The summed E-state index contributed by atoms with van der Waals surface area (Å²) in [5, 5.41) is 4.59. The lowest BCUT2D eigenvalue weighted by molar-refractivity contribution is -0.130. The molecule has 1 aromatic rings. The van der Waals surface area contributed by atoms with Crippen molar-refractivity contribution in [2.24, 2.45) is 5.41 Å². The van der Waals surface area contributed by atoms with Gasteiger partial charge in [0.2, 0.25) is 5.91 Å². The molecule has 0 radical (unpaired) electrons. The average molecular weight is 362 g/mol. The monoisotopic (exact) mass is 361 g/mol. The number of hydrogen-bond acceptors (Lipinski definition) is 4. The number of hydrogen-bond donors (Lipinski definition) is 1. The Kier molecular flexibility index (Phi) is 4.85. The van der Waals surface area contributed by atoms with Gasteiger partial charge in [0.05, 0.1) is 0 Å². The Balaban J connectivity index is 1.25. The van der Waals surface area contributed by atoms with Crippen LogP contribution >= 0.6 is 11.8 Å². The van der Waals surface area contributed by atoms with E-state index in [2.05, 4.69) is 36.1 Å². The van der Waals surface area contributed by atoms with Crippen LogP contribution in [-0.4, -0.2) is 36.2 Å². The highest BCUT2D eigenvalue weighted by molar-refractivity contribution is 8.00. The van der Waals surface area contributed by atoms with Crippen molar-refractivity contribution in [3.8, 4) is 11.5 Å². The van der Waals surface area contributed by atoms with E-state index in [1.54, 1.807) is 0 Å². The molecule has 0 saturated carbocycles. The van der Waals surface area contributed by atoms with Gasteiger partial charge in [-0.05, 0) is 56.2 Å². The van der Waals surface area contributed by atoms with Crippen LogP contribution in [-0.2, 0) is 11.2 Å². The van der Waals surface area contributed by atoms with Gasteiger partial charge in [-0.3, -0.25) is 4.79 Å². The molecule has 136 valence electrons. The van der Waals surface area contributed by atoms with Crippen LogP contribution in [0.4, 0.5) is 0 Å². The van der Waals surface area contributed by atoms with E-state index in [9.17, 15) is 4.79 Å². The average Bonchev–Trinajstić information content (AvgIpc) is 2.97. The van der Waals surface area contributed by atoms with Crippen LogP contribution in [0.25, 0.3) is 0 Å². The summed E-state index contributed by atoms with van der Waals surface area (Å²) in [4.78, 5) is 12.7. The van der Waals surface area contributed by atoms with Crippen molar-refractivity contribution in [3.63, 3.8) is 0 Å². The normalized spacial score (nSPS) is 30.1. The summed E-state index contributed by atoms with van der Waals surface area (Å²) in [5.74, 6) is 1.93. The van der Waals surface area contributed by atoms with Gasteiger partial charge in [0.25, 0.3) is 0 Å². The molecule has 5 heteroatoms. The quantitative estimate of drug-likeness (QED) is 0.815. The molecule has 1 amide bonds. The molecule has 3 aliphatic rings. The Hall–Kier alpha value is -1.36. The van der Waals surface area contributed by atoms with Crippen molar-refractivity contribution in [1.82, 2.24) is 5.32 Å². The molecule has 2 bridgehead atoms. The summed E-state index contributed by atoms with van der Waals surface area (Å²) in [6.07, 6.45) is 6.56. The molecule has 4 rings (SSSR count). The van der Waals surface area contributed by atoms with Gasteiger partial charge in [-0.25, -0.2) is 0 Å². The van der Waals surface area contributed by atoms with Gasteiger partial charge in [0.1, 0.15) is 13.2 Å². The van der Waals surface area contributed by atoms with Gasteiger partial charge in [-0.2, -0.15) is 11.8 Å². The molecule has 4 nitrogen and oxygen atoms in total. The van der Waals surface area contributed by atoms with E-state index in [-0.39, 0.29) is 11.3 Å². The number of carbonyl (C=O) groups excluding carboxylic acids is 1. The summed E-state index contributed by atoms with van der Waals surface area (Å²) in [5.41, 5.74) is 1.07. The van der Waals surface area contributed by atoms with E-state index in [0.717, 1.165) is 43.7 Å². The van der Waals surface area contributed by atoms with Crippen molar-refractivity contribution in [1.29, 1.82) is 0 Å². The number of rotatable bonds is 5. The van der Waals surface area contributed by atoms with Crippen LogP contribution in [0.3, 0.4) is 0 Å². The first-order valence-corrected chi connectivity index (χ1v) is 10.4. The van der Waals surface area contributed by atoms with E-state index in [0.29, 0.717) is 23.7 Å². The van der Waals surface area contributed by atoms with Gasteiger partial charge in [0.15, 0.2) is 11.5 Å². The molecule has 2 fully saturated rings. The molecule has 2 saturated heterocycles. The number of fused-ring (bicyclic) bond motifs is 3. The number of ether oxygens (including phenoxy) is 2. The summed E-state index contributed by atoms with van der Waals surface area (Å²) in [6.45, 7) is 4.14. The number of aryl methyl sites for hydroxylation is 1. The topological polar surface area (TPSA) is 47.6 Å². The van der Waals surface area contributed by atoms with E-state index < -0.39 is 0 Å². The van der Waals surface area contributed by atoms with E-state index in [4.69, 9.17) is 9.47 Å². The van der Waals surface area contributed by atoms with Gasteiger partial charge in [-0.15, -0.1) is 0 Å². The van der Waals surface area contributed by atoms with Crippen molar-refractivity contribution < 1.29 is 14.3 Å². The molecule has 1 N–H and O–H groups in total. The Morgan fingerprint density at radius 2 is 1.92 bits per heavy atom. The Bertz CT molecular complexity index is 636. The molecule has 3 aliphatic heterocycles. The Labute approximate surface area is 154 Å². The summed E-state index contributed by atoms with van der Waals surface area (Å²) < 4.78 is 11.2. The molecule has 2 unspecified atom stereocenters. The fraction of sp³-hybridized carbons (Fsp3) is 0.650. The van der Waals surface area contributed by atoms with Gasteiger partial charge in [0, 0.05) is 22.5 Å². The second-order valence-corrected chi connectivity index (χ2v) is 9.37. The minimum Gasteiger partial charge on any atom is -0.486 e. The van der Waals surface area contributed by atoms with Crippen molar-refractivity contribution in [3.05, 3.63) is 23.8 Å². The van der Waals surface area contributed by atoms with Crippen molar-refractivity contribution in [2.45, 2.75) is 55.9 Å². The van der Waals surface area contributed by atoms with E-state index in [1.807, 2.05) is 6.07 Å². The van der Waals surface area contributed by atoms with Crippen LogP contribution in [0.5, 0.6) is 11.5 Å². The third kappa shape index (κ3) is 3.76. The fourth-order valence-corrected chi connectivity index (χ4v) is 6.32. The smallest absolute Gasteiger partial charge is 0.226 e. The lowest BCUT2D eigenvalue weighted by Crippen LogP contribution is -2.43. The maximum absolute atomic E-state index is 12.7. The molecule has 2 atom stereocenters. The third-order valence-corrected chi connectivity index (χ3v) is 7.21. The van der Waals surface area contributed by atoms with Crippen LogP contribution < -0.4 is 14.8 Å². The minimum atomic E-state index is -0.159. The third-order valence-electron chi connectivity index (χ3n) is 5.63. The highest BCUT2D eigenvalue weighted by atomic mass is 32.2. The standard InChI is InChI=1S/C20H27NO3S/c1-20(12-15-5-6-16(13-20)25-15)19(22)21-8-2-3-14-4-7-17-18(11-14)24-10-9-23-17/h4,7,11,15-16H,2-3,5-6,8-10,12-13H2,1H3,(H,21,22). The molecule has 0 spiro atoms. The number of thioether (sulfide) groups is 1. The number of benzene rings is 1. The zero-order valence-electron chi connectivity index (χ0n) is 14.9. The van der Waals surface area contributed by atoms with E-state index in [1.165, 1.54) is 18.4 Å². The van der Waals surface area contributed by atoms with Crippen molar-refractivity contribution >= 4 is 17.7 Å². The highest BCUT2D eigenvalue weighted by Crippen LogP contribution is 2.51. The number of amides is 1. The maximum atomic E-state index is 12.7. The Morgan fingerprint density at radius 3 is 2.68 bits per heavy atom. The SMILES string of the molecule is CC1(C(=O)NCCCc2ccc3c(c2)OCCO3)CC2CCC(C1)S2. The van der Waals surface area contributed by atoms with Crippen molar-refractivity contribution in [2.75, 3.05) is 19.8 Å². The van der Waals surface area contributed by atoms with Crippen LogP contribution in [0.2, 0.25) is 0 Å². The summed E-state index contributed by atoms with van der Waals surface area (Å²) >= 11 is 2.11. The molecule has 0 aromatic heterocycles. The predicted octanol–water partition coefficient (Wildman–Crippen LogP) is 3.57. The number of carbonyl (C=O) groups is 1. The highest BCUT2D eigenvalue weighted by Gasteiger charge is 2.45. The predicted molar refractivity (Wildman–Crippen MR) is 101 cm³/mol. The molecule has 3 heterocycles. The van der Waals surface area contributed by atoms with E-state index >= 15 is 0 Å². The zero-order chi connectivity index (χ0) is 17.3. The largest absolute Gasteiger partial charge is 0.486 e. The number of nitrogens with one attached hydrogen (secondary N) is 1. The molecular formula is C20H27NO3S. The first-order valence-electron chi connectivity index (χ1n) is 9.45. The lowest BCUT2D eigenvalue weighted by atomic mass is 9.81. The Morgan fingerprint density at radius 1 is 1.20 bits per heavy atom. The second kappa shape index (κ2) is 7.10. The lowest BCUT2D eigenvalue weighted by Gasteiger charge is -2.36. The van der Waals surface area contributed by atoms with Crippen LogP contribution in [0, 0.1) is 5.41 Å². The fourth-order valence-electron chi connectivity index (χ4n) is 4.31.